The number of hydrogen-bond acceptors (Lipinski definition) is 6. The Morgan fingerprint density at radius 1 is 0.938 bits per heavy atom. The largest absolute Gasteiger partial charge is 0.365 e. The van der Waals surface area contributed by atoms with Gasteiger partial charge in [0, 0.05) is 18.2 Å². The number of rotatable bonds is 7. The van der Waals surface area contributed by atoms with Crippen molar-refractivity contribution in [2.24, 2.45) is 0 Å². The molecule has 32 heavy (non-hydrogen) atoms. The van der Waals surface area contributed by atoms with E-state index in [1.807, 2.05) is 48.5 Å². The standard InChI is InChI=1S/C24H23N5O2S/c30-32(31,27-15-17-6-2-1-3-7-17)20-11-4-8-18(14-20)21-12-13-22-23(29-21)24(26-16-25-22)28-19-9-5-10-19/h1-4,6-8,11-14,16,19,27H,5,9-10,15H2,(H,25,26,28). The minimum absolute atomic E-state index is 0.199. The Morgan fingerprint density at radius 3 is 2.56 bits per heavy atom. The third-order valence-corrected chi connectivity index (χ3v) is 7.08. The molecule has 1 aliphatic carbocycles. The van der Waals surface area contributed by atoms with Crippen molar-refractivity contribution in [1.82, 2.24) is 19.7 Å². The van der Waals surface area contributed by atoms with E-state index < -0.39 is 10.0 Å². The Morgan fingerprint density at radius 2 is 1.78 bits per heavy atom. The molecule has 1 aliphatic rings. The smallest absolute Gasteiger partial charge is 0.240 e. The van der Waals surface area contributed by atoms with Gasteiger partial charge in [-0.2, -0.15) is 0 Å². The molecule has 0 saturated heterocycles. The van der Waals surface area contributed by atoms with Gasteiger partial charge in [-0.25, -0.2) is 28.1 Å². The quantitative estimate of drug-likeness (QED) is 0.444. The first-order chi connectivity index (χ1) is 15.6. The summed E-state index contributed by atoms with van der Waals surface area (Å²) in [6, 6.07) is 20.4. The van der Waals surface area contributed by atoms with Crippen LogP contribution in [0.25, 0.3) is 22.3 Å². The van der Waals surface area contributed by atoms with Crippen LogP contribution in [0.2, 0.25) is 0 Å². The van der Waals surface area contributed by atoms with Gasteiger partial charge in [0.15, 0.2) is 5.82 Å². The molecule has 0 spiro atoms. The highest BCUT2D eigenvalue weighted by atomic mass is 32.2. The van der Waals surface area contributed by atoms with Gasteiger partial charge < -0.3 is 5.32 Å². The Hall–Kier alpha value is -3.36. The fourth-order valence-corrected chi connectivity index (χ4v) is 4.70. The second-order valence-electron chi connectivity index (χ2n) is 7.90. The van der Waals surface area contributed by atoms with Crippen molar-refractivity contribution in [2.75, 3.05) is 5.32 Å². The Kier molecular flexibility index (Phi) is 5.55. The number of pyridine rings is 1. The fourth-order valence-electron chi connectivity index (χ4n) is 3.63. The number of aromatic nitrogens is 3. The second kappa shape index (κ2) is 8.64. The van der Waals surface area contributed by atoms with Crippen molar-refractivity contribution in [3.63, 3.8) is 0 Å². The van der Waals surface area contributed by atoms with Crippen LogP contribution in [0.5, 0.6) is 0 Å². The lowest BCUT2D eigenvalue weighted by atomic mass is 9.93. The summed E-state index contributed by atoms with van der Waals surface area (Å²) in [6.45, 7) is 0.231. The topological polar surface area (TPSA) is 96.9 Å². The average Bonchev–Trinajstić information content (AvgIpc) is 2.81. The van der Waals surface area contributed by atoms with Crippen LogP contribution >= 0.6 is 0 Å². The third-order valence-electron chi connectivity index (χ3n) is 5.68. The summed E-state index contributed by atoms with van der Waals surface area (Å²) < 4.78 is 28.4. The van der Waals surface area contributed by atoms with Crippen LogP contribution < -0.4 is 10.0 Å². The van der Waals surface area contributed by atoms with Crippen LogP contribution in [-0.2, 0) is 16.6 Å². The molecular formula is C24H23N5O2S. The van der Waals surface area contributed by atoms with E-state index >= 15 is 0 Å². The summed E-state index contributed by atoms with van der Waals surface area (Å²) in [4.78, 5) is 13.7. The predicted octanol–water partition coefficient (Wildman–Crippen LogP) is 4.13. The maximum absolute atomic E-state index is 12.9. The number of nitrogens with zero attached hydrogens (tertiary/aromatic N) is 3. The maximum Gasteiger partial charge on any atom is 0.240 e. The van der Waals surface area contributed by atoms with Gasteiger partial charge in [-0.15, -0.1) is 0 Å². The summed E-state index contributed by atoms with van der Waals surface area (Å²) in [5.41, 5.74) is 3.72. The number of hydrogen-bond donors (Lipinski definition) is 2. The molecule has 2 heterocycles. The molecular weight excluding hydrogens is 422 g/mol. The first kappa shape index (κ1) is 20.5. The number of benzene rings is 2. The lowest BCUT2D eigenvalue weighted by Gasteiger charge is -2.27. The zero-order valence-corrected chi connectivity index (χ0v) is 18.2. The van der Waals surface area contributed by atoms with Crippen LogP contribution in [0.15, 0.2) is 78.0 Å². The normalized spacial score (nSPS) is 14.2. The van der Waals surface area contributed by atoms with E-state index in [1.165, 1.54) is 12.7 Å². The van der Waals surface area contributed by atoms with Crippen molar-refractivity contribution in [3.8, 4) is 11.3 Å². The molecule has 0 unspecified atom stereocenters. The SMILES string of the molecule is O=S(=O)(NCc1ccccc1)c1cccc(-c2ccc3ncnc(NC4CCC4)c3n2)c1. The van der Waals surface area contributed by atoms with Crippen molar-refractivity contribution >= 4 is 26.9 Å². The second-order valence-corrected chi connectivity index (χ2v) is 9.66. The molecule has 0 amide bonds. The van der Waals surface area contributed by atoms with Crippen molar-refractivity contribution in [2.45, 2.75) is 36.7 Å². The molecule has 2 N–H and O–H groups in total. The van der Waals surface area contributed by atoms with Crippen LogP contribution in [0.1, 0.15) is 24.8 Å². The van der Waals surface area contributed by atoms with Gasteiger partial charge in [0.2, 0.25) is 10.0 Å². The molecule has 2 aromatic heterocycles. The summed E-state index contributed by atoms with van der Waals surface area (Å²) in [6.07, 6.45) is 5.01. The zero-order chi connectivity index (χ0) is 22.0. The molecule has 2 aromatic carbocycles. The zero-order valence-electron chi connectivity index (χ0n) is 17.4. The first-order valence-electron chi connectivity index (χ1n) is 10.6. The van der Waals surface area contributed by atoms with E-state index in [9.17, 15) is 8.42 Å². The molecule has 0 radical (unpaired) electrons. The third kappa shape index (κ3) is 4.32. The summed E-state index contributed by atoms with van der Waals surface area (Å²) >= 11 is 0. The molecule has 162 valence electrons. The van der Waals surface area contributed by atoms with Gasteiger partial charge in [-0.3, -0.25) is 0 Å². The van der Waals surface area contributed by atoms with Gasteiger partial charge in [0.05, 0.1) is 16.1 Å². The van der Waals surface area contributed by atoms with E-state index in [2.05, 4.69) is 20.0 Å². The van der Waals surface area contributed by atoms with Crippen molar-refractivity contribution in [3.05, 3.63) is 78.6 Å². The monoisotopic (exact) mass is 445 g/mol. The Balaban J connectivity index is 1.43. The van der Waals surface area contributed by atoms with E-state index in [1.54, 1.807) is 18.2 Å². The predicted molar refractivity (Wildman–Crippen MR) is 124 cm³/mol. The molecule has 7 nitrogen and oxygen atoms in total. The minimum atomic E-state index is -3.67. The van der Waals surface area contributed by atoms with Gasteiger partial charge in [-0.1, -0.05) is 42.5 Å². The molecule has 4 aromatic rings. The van der Waals surface area contributed by atoms with Crippen LogP contribution in [-0.4, -0.2) is 29.4 Å². The van der Waals surface area contributed by atoms with Crippen LogP contribution in [0, 0.1) is 0 Å². The highest BCUT2D eigenvalue weighted by Crippen LogP contribution is 2.28. The van der Waals surface area contributed by atoms with Crippen LogP contribution in [0.4, 0.5) is 5.82 Å². The average molecular weight is 446 g/mol. The van der Waals surface area contributed by atoms with Crippen molar-refractivity contribution in [1.29, 1.82) is 0 Å². The molecule has 0 bridgehead atoms. The van der Waals surface area contributed by atoms with Gasteiger partial charge >= 0.3 is 0 Å². The van der Waals surface area contributed by atoms with Gasteiger partial charge in [0.25, 0.3) is 0 Å². The van der Waals surface area contributed by atoms with E-state index in [0.717, 1.165) is 29.7 Å². The molecule has 0 atom stereocenters. The molecule has 1 fully saturated rings. The number of nitrogens with one attached hydrogen (secondary N) is 2. The fraction of sp³-hybridized carbons (Fsp3) is 0.208. The Labute approximate surface area is 187 Å². The van der Waals surface area contributed by atoms with E-state index in [-0.39, 0.29) is 11.4 Å². The molecule has 8 heteroatoms. The van der Waals surface area contributed by atoms with E-state index in [4.69, 9.17) is 4.98 Å². The summed E-state index contributed by atoms with van der Waals surface area (Å²) in [5.74, 6) is 0.717. The van der Waals surface area contributed by atoms with Crippen molar-refractivity contribution < 1.29 is 8.42 Å². The lowest BCUT2D eigenvalue weighted by Crippen LogP contribution is -2.27. The number of sulfonamides is 1. The highest BCUT2D eigenvalue weighted by Gasteiger charge is 2.19. The van der Waals surface area contributed by atoms with Gasteiger partial charge in [-0.05, 0) is 49.1 Å². The van der Waals surface area contributed by atoms with Gasteiger partial charge in [0.1, 0.15) is 11.8 Å². The molecule has 5 rings (SSSR count). The number of fused-ring (bicyclic) bond motifs is 1. The first-order valence-corrected chi connectivity index (χ1v) is 12.1. The molecule has 0 aliphatic heterocycles. The number of anilines is 1. The summed E-state index contributed by atoms with van der Waals surface area (Å²) in [5, 5.41) is 3.45. The minimum Gasteiger partial charge on any atom is -0.365 e. The summed E-state index contributed by atoms with van der Waals surface area (Å²) in [7, 11) is -3.67. The maximum atomic E-state index is 12.9. The Bertz CT molecular complexity index is 1360. The lowest BCUT2D eigenvalue weighted by molar-refractivity contribution is 0.444. The highest BCUT2D eigenvalue weighted by molar-refractivity contribution is 7.89. The molecule has 1 saturated carbocycles. The van der Waals surface area contributed by atoms with Crippen LogP contribution in [0.3, 0.4) is 0 Å². The van der Waals surface area contributed by atoms with E-state index in [0.29, 0.717) is 22.8 Å².